The van der Waals surface area contributed by atoms with Crippen molar-refractivity contribution in [3.63, 3.8) is 0 Å². The molecule has 0 aliphatic rings. The summed E-state index contributed by atoms with van der Waals surface area (Å²) in [7, 11) is 0. The van der Waals surface area contributed by atoms with E-state index < -0.39 is 0 Å². The van der Waals surface area contributed by atoms with Crippen molar-refractivity contribution in [2.24, 2.45) is 11.1 Å². The molecule has 88 valence electrons. The Hall–Kier alpha value is -1.15. The van der Waals surface area contributed by atoms with Crippen LogP contribution in [0.3, 0.4) is 0 Å². The molecule has 0 heterocycles. The summed E-state index contributed by atoms with van der Waals surface area (Å²) in [5.74, 6) is 0.131. The molecule has 2 heteroatoms. The number of hydrogen-bond acceptors (Lipinski definition) is 2. The van der Waals surface area contributed by atoms with Crippen molar-refractivity contribution in [3.8, 4) is 0 Å². The Morgan fingerprint density at radius 1 is 1.38 bits per heavy atom. The molecule has 0 spiro atoms. The summed E-state index contributed by atoms with van der Waals surface area (Å²) in [5, 5.41) is 0. The molecule has 1 rings (SSSR count). The third-order valence-electron chi connectivity index (χ3n) is 2.86. The quantitative estimate of drug-likeness (QED) is 0.794. The Morgan fingerprint density at radius 2 is 2.00 bits per heavy atom. The van der Waals surface area contributed by atoms with Crippen molar-refractivity contribution in [1.82, 2.24) is 0 Å². The van der Waals surface area contributed by atoms with Gasteiger partial charge in [-0.15, -0.1) is 0 Å². The number of nitrogens with two attached hydrogens (primary N) is 1. The standard InChI is InChI=1S/C14H21NO/c1-10-6-5-7-11(8-10)12(16)9-13(15)14(2,3)4/h5-8,13H,9,15H2,1-4H3. The maximum Gasteiger partial charge on any atom is 0.164 e. The minimum atomic E-state index is -0.0967. The second-order valence-electron chi connectivity index (χ2n) is 5.47. The van der Waals surface area contributed by atoms with Crippen molar-refractivity contribution in [1.29, 1.82) is 0 Å². The highest BCUT2D eigenvalue weighted by atomic mass is 16.1. The summed E-state index contributed by atoms with van der Waals surface area (Å²) in [6.45, 7) is 8.16. The first kappa shape index (κ1) is 12.9. The average Bonchev–Trinajstić information content (AvgIpc) is 2.16. The lowest BCUT2D eigenvalue weighted by Gasteiger charge is -2.26. The molecule has 1 aromatic carbocycles. The number of benzene rings is 1. The third-order valence-corrected chi connectivity index (χ3v) is 2.86. The van der Waals surface area contributed by atoms with Crippen LogP contribution in [0.4, 0.5) is 0 Å². The summed E-state index contributed by atoms with van der Waals surface area (Å²) in [5.41, 5.74) is 7.85. The zero-order chi connectivity index (χ0) is 12.3. The van der Waals surface area contributed by atoms with Gasteiger partial charge in [0.2, 0.25) is 0 Å². The normalized spacial score (nSPS) is 13.6. The number of Topliss-reactive ketones (excluding diaryl/α,β-unsaturated/α-hetero) is 1. The number of aryl methyl sites for hydroxylation is 1. The van der Waals surface area contributed by atoms with E-state index in [4.69, 9.17) is 5.73 Å². The highest BCUT2D eigenvalue weighted by molar-refractivity contribution is 5.96. The van der Waals surface area contributed by atoms with Gasteiger partial charge in [0.25, 0.3) is 0 Å². The van der Waals surface area contributed by atoms with Crippen molar-refractivity contribution < 1.29 is 4.79 Å². The Morgan fingerprint density at radius 3 is 2.50 bits per heavy atom. The summed E-state index contributed by atoms with van der Waals surface area (Å²) in [6.07, 6.45) is 0.410. The molecule has 1 atom stereocenters. The van der Waals surface area contributed by atoms with Crippen LogP contribution in [0.25, 0.3) is 0 Å². The SMILES string of the molecule is Cc1cccc(C(=O)CC(N)C(C)(C)C)c1. The lowest BCUT2D eigenvalue weighted by Crippen LogP contribution is -2.36. The van der Waals surface area contributed by atoms with Gasteiger partial charge in [0, 0.05) is 18.0 Å². The van der Waals surface area contributed by atoms with Gasteiger partial charge >= 0.3 is 0 Å². The maximum atomic E-state index is 12.0. The van der Waals surface area contributed by atoms with Crippen LogP contribution in [0.2, 0.25) is 0 Å². The van der Waals surface area contributed by atoms with Gasteiger partial charge in [-0.2, -0.15) is 0 Å². The predicted octanol–water partition coefficient (Wildman–Crippen LogP) is 2.94. The molecule has 1 aromatic rings. The van der Waals surface area contributed by atoms with Gasteiger partial charge in [-0.05, 0) is 18.4 Å². The molecule has 0 bridgehead atoms. The van der Waals surface area contributed by atoms with Crippen LogP contribution in [0.1, 0.15) is 43.1 Å². The molecule has 0 aliphatic carbocycles. The van der Waals surface area contributed by atoms with Gasteiger partial charge in [0.1, 0.15) is 0 Å². The number of ketones is 1. The molecule has 0 saturated heterocycles. The molecule has 0 radical (unpaired) electrons. The van der Waals surface area contributed by atoms with Gasteiger partial charge in [0.05, 0.1) is 0 Å². The Balaban J connectivity index is 2.74. The summed E-state index contributed by atoms with van der Waals surface area (Å²) < 4.78 is 0. The first-order chi connectivity index (χ1) is 7.30. The Labute approximate surface area is 97.9 Å². The molecule has 1 unspecified atom stereocenters. The van der Waals surface area contributed by atoms with Gasteiger partial charge in [-0.1, -0.05) is 44.5 Å². The molecule has 0 fully saturated rings. The minimum absolute atomic E-state index is 0.0283. The van der Waals surface area contributed by atoms with Gasteiger partial charge < -0.3 is 5.73 Å². The lowest BCUT2D eigenvalue weighted by atomic mass is 9.83. The maximum absolute atomic E-state index is 12.0. The van der Waals surface area contributed by atoms with E-state index in [0.29, 0.717) is 6.42 Å². The fourth-order valence-electron chi connectivity index (χ4n) is 1.44. The molecule has 0 aromatic heterocycles. The van der Waals surface area contributed by atoms with Crippen molar-refractivity contribution in [2.75, 3.05) is 0 Å². The van der Waals surface area contributed by atoms with Gasteiger partial charge in [-0.25, -0.2) is 0 Å². The summed E-state index contributed by atoms with van der Waals surface area (Å²) in [6, 6.07) is 7.56. The minimum Gasteiger partial charge on any atom is -0.327 e. The zero-order valence-corrected chi connectivity index (χ0v) is 10.6. The molecule has 16 heavy (non-hydrogen) atoms. The molecule has 2 N–H and O–H groups in total. The fourth-order valence-corrected chi connectivity index (χ4v) is 1.44. The summed E-state index contributed by atoms with van der Waals surface area (Å²) in [4.78, 5) is 12.0. The van der Waals surface area contributed by atoms with Gasteiger partial charge in [0.15, 0.2) is 5.78 Å². The van der Waals surface area contributed by atoms with Crippen molar-refractivity contribution in [2.45, 2.75) is 40.2 Å². The average molecular weight is 219 g/mol. The van der Waals surface area contributed by atoms with Crippen molar-refractivity contribution in [3.05, 3.63) is 35.4 Å². The molecule has 0 amide bonds. The van der Waals surface area contributed by atoms with E-state index in [9.17, 15) is 4.79 Å². The zero-order valence-electron chi connectivity index (χ0n) is 10.6. The molecule has 0 aliphatic heterocycles. The van der Waals surface area contributed by atoms with E-state index in [1.165, 1.54) is 0 Å². The number of rotatable bonds is 3. The van der Waals surface area contributed by atoms with Crippen LogP contribution in [0.15, 0.2) is 24.3 Å². The number of carbonyl (C=O) groups is 1. The van der Waals surface area contributed by atoms with E-state index in [-0.39, 0.29) is 17.2 Å². The number of carbonyl (C=O) groups excluding carboxylic acids is 1. The highest BCUT2D eigenvalue weighted by Crippen LogP contribution is 2.21. The van der Waals surface area contributed by atoms with E-state index in [0.717, 1.165) is 11.1 Å². The van der Waals surface area contributed by atoms with Crippen molar-refractivity contribution >= 4 is 5.78 Å². The van der Waals surface area contributed by atoms with Crippen LogP contribution in [-0.2, 0) is 0 Å². The van der Waals surface area contributed by atoms with Crippen LogP contribution < -0.4 is 5.73 Å². The highest BCUT2D eigenvalue weighted by Gasteiger charge is 2.23. The largest absolute Gasteiger partial charge is 0.327 e. The predicted molar refractivity (Wildman–Crippen MR) is 67.6 cm³/mol. The van der Waals surface area contributed by atoms with E-state index in [1.807, 2.05) is 31.2 Å². The third kappa shape index (κ3) is 3.46. The van der Waals surface area contributed by atoms with Crippen LogP contribution in [0.5, 0.6) is 0 Å². The van der Waals surface area contributed by atoms with Crippen LogP contribution in [0, 0.1) is 12.3 Å². The molecular formula is C14H21NO. The molecular weight excluding hydrogens is 198 g/mol. The first-order valence-corrected chi connectivity index (χ1v) is 5.66. The van der Waals surface area contributed by atoms with E-state index in [2.05, 4.69) is 20.8 Å². The van der Waals surface area contributed by atoms with E-state index >= 15 is 0 Å². The van der Waals surface area contributed by atoms with Gasteiger partial charge in [-0.3, -0.25) is 4.79 Å². The Kier molecular flexibility index (Phi) is 3.87. The van der Waals surface area contributed by atoms with E-state index in [1.54, 1.807) is 0 Å². The second-order valence-corrected chi connectivity index (χ2v) is 5.47. The number of hydrogen-bond donors (Lipinski definition) is 1. The first-order valence-electron chi connectivity index (χ1n) is 5.66. The summed E-state index contributed by atoms with van der Waals surface area (Å²) >= 11 is 0. The monoisotopic (exact) mass is 219 g/mol. The lowest BCUT2D eigenvalue weighted by molar-refractivity contribution is 0.0953. The van der Waals surface area contributed by atoms with Crippen LogP contribution >= 0.6 is 0 Å². The Bertz CT molecular complexity index is 377. The fraction of sp³-hybridized carbons (Fsp3) is 0.500. The smallest absolute Gasteiger partial charge is 0.164 e. The molecule has 0 saturated carbocycles. The topological polar surface area (TPSA) is 43.1 Å². The second kappa shape index (κ2) is 4.79. The van der Waals surface area contributed by atoms with Crippen LogP contribution in [-0.4, -0.2) is 11.8 Å². The molecule has 2 nitrogen and oxygen atoms in total.